The van der Waals surface area contributed by atoms with Gasteiger partial charge in [0.1, 0.15) is 17.5 Å². The molecule has 0 aromatic heterocycles. The van der Waals surface area contributed by atoms with Crippen molar-refractivity contribution >= 4 is 11.8 Å². The van der Waals surface area contributed by atoms with Gasteiger partial charge in [0.05, 0.1) is 24.8 Å². The van der Waals surface area contributed by atoms with Crippen molar-refractivity contribution in [3.8, 4) is 0 Å². The van der Waals surface area contributed by atoms with Crippen molar-refractivity contribution in [2.75, 3.05) is 45.9 Å². The fourth-order valence-electron chi connectivity index (χ4n) is 4.58. The minimum atomic E-state index is -0.892. The highest BCUT2D eigenvalue weighted by atomic mass is 19.1. The van der Waals surface area contributed by atoms with E-state index in [1.54, 1.807) is 6.07 Å². The summed E-state index contributed by atoms with van der Waals surface area (Å²) in [5.74, 6) is -2.85. The fraction of sp³-hybridized carbons (Fsp3) is 0.440. The molecular formula is C25H28F3N3O3. The summed E-state index contributed by atoms with van der Waals surface area (Å²) in [5, 5.41) is 3.01. The molecule has 0 spiro atoms. The van der Waals surface area contributed by atoms with Crippen LogP contribution in [-0.2, 0) is 9.53 Å². The molecule has 6 nitrogen and oxygen atoms in total. The van der Waals surface area contributed by atoms with Gasteiger partial charge in [0.2, 0.25) is 5.91 Å². The molecule has 182 valence electrons. The van der Waals surface area contributed by atoms with Crippen LogP contribution in [0.25, 0.3) is 0 Å². The largest absolute Gasteiger partial charge is 0.379 e. The molecule has 2 saturated heterocycles. The highest BCUT2D eigenvalue weighted by Gasteiger charge is 2.30. The van der Waals surface area contributed by atoms with Crippen LogP contribution in [0.5, 0.6) is 0 Å². The first-order valence-electron chi connectivity index (χ1n) is 11.5. The molecule has 34 heavy (non-hydrogen) atoms. The van der Waals surface area contributed by atoms with E-state index in [1.807, 2.05) is 6.07 Å². The molecule has 2 aromatic rings. The lowest BCUT2D eigenvalue weighted by Gasteiger charge is -2.36. The first-order valence-corrected chi connectivity index (χ1v) is 11.5. The van der Waals surface area contributed by atoms with E-state index in [4.69, 9.17) is 4.74 Å². The number of hydrogen-bond acceptors (Lipinski definition) is 4. The second kappa shape index (κ2) is 11.0. The molecule has 0 bridgehead atoms. The van der Waals surface area contributed by atoms with Gasteiger partial charge in [0.15, 0.2) is 0 Å². The molecule has 2 aromatic carbocycles. The SMILES string of the molecule is O=C(NCC(c1cccc(F)c1)N1CCOCC1)C1CCN(C(=O)c2ccc(F)cc2F)CC1. The Hall–Kier alpha value is -2.91. The number of amides is 2. The lowest BCUT2D eigenvalue weighted by Crippen LogP contribution is -2.46. The second-order valence-corrected chi connectivity index (χ2v) is 8.65. The maximum absolute atomic E-state index is 14.0. The number of likely N-dealkylation sites (tertiary alicyclic amines) is 1. The van der Waals surface area contributed by atoms with Gasteiger partial charge in [0, 0.05) is 44.7 Å². The quantitative estimate of drug-likeness (QED) is 0.698. The zero-order valence-corrected chi connectivity index (χ0v) is 18.8. The lowest BCUT2D eigenvalue weighted by atomic mass is 9.95. The zero-order valence-electron chi connectivity index (χ0n) is 18.8. The summed E-state index contributed by atoms with van der Waals surface area (Å²) < 4.78 is 46.4. The van der Waals surface area contributed by atoms with Crippen LogP contribution in [0.15, 0.2) is 42.5 Å². The molecule has 2 fully saturated rings. The average molecular weight is 476 g/mol. The molecule has 0 aliphatic carbocycles. The second-order valence-electron chi connectivity index (χ2n) is 8.65. The minimum Gasteiger partial charge on any atom is -0.379 e. The van der Waals surface area contributed by atoms with Crippen molar-refractivity contribution in [3.63, 3.8) is 0 Å². The highest BCUT2D eigenvalue weighted by molar-refractivity contribution is 5.94. The predicted molar refractivity (Wildman–Crippen MR) is 120 cm³/mol. The summed E-state index contributed by atoms with van der Waals surface area (Å²) in [6.07, 6.45) is 0.894. The Morgan fingerprint density at radius 2 is 1.68 bits per heavy atom. The van der Waals surface area contributed by atoms with Gasteiger partial charge in [-0.15, -0.1) is 0 Å². The first-order chi connectivity index (χ1) is 16.4. The Labute approximate surface area is 196 Å². The normalized spacial score (nSPS) is 18.5. The van der Waals surface area contributed by atoms with E-state index in [1.165, 1.54) is 17.0 Å². The molecule has 2 amide bonds. The van der Waals surface area contributed by atoms with Crippen LogP contribution in [0.1, 0.15) is 34.8 Å². The number of rotatable bonds is 6. The van der Waals surface area contributed by atoms with Gasteiger partial charge >= 0.3 is 0 Å². The summed E-state index contributed by atoms with van der Waals surface area (Å²) in [7, 11) is 0. The third-order valence-corrected chi connectivity index (χ3v) is 6.50. The van der Waals surface area contributed by atoms with Crippen molar-refractivity contribution in [2.45, 2.75) is 18.9 Å². The van der Waals surface area contributed by atoms with Crippen LogP contribution >= 0.6 is 0 Å². The Morgan fingerprint density at radius 3 is 2.35 bits per heavy atom. The minimum absolute atomic E-state index is 0.116. The predicted octanol–water partition coefficient (Wildman–Crippen LogP) is 3.15. The van der Waals surface area contributed by atoms with E-state index in [9.17, 15) is 22.8 Å². The summed E-state index contributed by atoms with van der Waals surface area (Å²) >= 11 is 0. The number of piperidine rings is 1. The number of benzene rings is 2. The monoisotopic (exact) mass is 475 g/mol. The number of ether oxygens (including phenoxy) is 1. The Balaban J connectivity index is 1.34. The van der Waals surface area contributed by atoms with Gasteiger partial charge in [-0.1, -0.05) is 12.1 Å². The summed E-state index contributed by atoms with van der Waals surface area (Å²) in [4.78, 5) is 29.2. The standard InChI is InChI=1S/C25H28F3N3O3/c26-19-3-1-2-18(14-19)23(30-10-12-34-13-11-30)16-29-24(32)17-6-8-31(9-7-17)25(33)21-5-4-20(27)15-22(21)28/h1-5,14-15,17,23H,6-13,16H2,(H,29,32). The number of halogens is 3. The van der Waals surface area contributed by atoms with Gasteiger partial charge < -0.3 is 15.0 Å². The van der Waals surface area contributed by atoms with Crippen LogP contribution < -0.4 is 5.32 Å². The first kappa shape index (κ1) is 24.2. The maximum Gasteiger partial charge on any atom is 0.256 e. The smallest absolute Gasteiger partial charge is 0.256 e. The molecule has 1 N–H and O–H groups in total. The van der Waals surface area contributed by atoms with E-state index < -0.39 is 17.5 Å². The number of nitrogens with zero attached hydrogens (tertiary/aromatic N) is 2. The summed E-state index contributed by atoms with van der Waals surface area (Å²) in [6.45, 7) is 3.51. The number of nitrogens with one attached hydrogen (secondary N) is 1. The van der Waals surface area contributed by atoms with Crippen LogP contribution in [0.3, 0.4) is 0 Å². The van der Waals surface area contributed by atoms with E-state index in [-0.39, 0.29) is 29.2 Å². The van der Waals surface area contributed by atoms with Crippen LogP contribution in [0.2, 0.25) is 0 Å². The van der Waals surface area contributed by atoms with Crippen molar-refractivity contribution in [2.24, 2.45) is 5.92 Å². The number of carbonyl (C=O) groups is 2. The van der Waals surface area contributed by atoms with Gasteiger partial charge in [-0.25, -0.2) is 13.2 Å². The van der Waals surface area contributed by atoms with Crippen LogP contribution in [-0.4, -0.2) is 67.6 Å². The van der Waals surface area contributed by atoms with Crippen LogP contribution in [0, 0.1) is 23.4 Å². The van der Waals surface area contributed by atoms with Crippen molar-refractivity contribution in [1.29, 1.82) is 0 Å². The van der Waals surface area contributed by atoms with Gasteiger partial charge in [-0.3, -0.25) is 14.5 Å². The molecule has 2 heterocycles. The molecule has 9 heteroatoms. The topological polar surface area (TPSA) is 61.9 Å². The van der Waals surface area contributed by atoms with Gasteiger partial charge in [-0.2, -0.15) is 0 Å². The van der Waals surface area contributed by atoms with E-state index in [2.05, 4.69) is 10.2 Å². The van der Waals surface area contributed by atoms with E-state index >= 15 is 0 Å². The van der Waals surface area contributed by atoms with Gasteiger partial charge in [0.25, 0.3) is 5.91 Å². The number of hydrogen-bond donors (Lipinski definition) is 1. The third-order valence-electron chi connectivity index (χ3n) is 6.50. The Bertz CT molecular complexity index is 1020. The summed E-state index contributed by atoms with van der Waals surface area (Å²) in [5.41, 5.74) is 0.622. The average Bonchev–Trinajstić information content (AvgIpc) is 2.84. The molecular weight excluding hydrogens is 447 g/mol. The zero-order chi connectivity index (χ0) is 24.1. The summed E-state index contributed by atoms with van der Waals surface area (Å²) in [6, 6.07) is 9.12. The molecule has 1 atom stereocenters. The lowest BCUT2D eigenvalue weighted by molar-refractivity contribution is -0.126. The van der Waals surface area contributed by atoms with Crippen molar-refractivity contribution in [1.82, 2.24) is 15.1 Å². The highest BCUT2D eigenvalue weighted by Crippen LogP contribution is 2.24. The third kappa shape index (κ3) is 5.77. The number of morpholine rings is 1. The van der Waals surface area contributed by atoms with Crippen molar-refractivity contribution < 1.29 is 27.5 Å². The molecule has 1 unspecified atom stereocenters. The van der Waals surface area contributed by atoms with Crippen molar-refractivity contribution in [3.05, 3.63) is 71.0 Å². The van der Waals surface area contributed by atoms with E-state index in [0.717, 1.165) is 17.7 Å². The Morgan fingerprint density at radius 1 is 0.971 bits per heavy atom. The Kier molecular flexibility index (Phi) is 7.84. The van der Waals surface area contributed by atoms with E-state index in [0.29, 0.717) is 64.8 Å². The fourth-order valence-corrected chi connectivity index (χ4v) is 4.58. The van der Waals surface area contributed by atoms with Crippen LogP contribution in [0.4, 0.5) is 13.2 Å². The number of carbonyl (C=O) groups excluding carboxylic acids is 2. The molecule has 2 aliphatic heterocycles. The maximum atomic E-state index is 14.0. The molecule has 2 aliphatic rings. The molecule has 0 radical (unpaired) electrons. The van der Waals surface area contributed by atoms with Gasteiger partial charge in [-0.05, 0) is 42.7 Å². The molecule has 0 saturated carbocycles. The molecule has 4 rings (SSSR count).